The van der Waals surface area contributed by atoms with Crippen molar-refractivity contribution in [2.75, 3.05) is 0 Å². The van der Waals surface area contributed by atoms with Gasteiger partial charge in [0.25, 0.3) is 0 Å². The van der Waals surface area contributed by atoms with Gasteiger partial charge < -0.3 is 9.55 Å². The first-order valence-corrected chi connectivity index (χ1v) is 7.29. The molecule has 1 aromatic heterocycles. The molecule has 2 saturated carbocycles. The van der Waals surface area contributed by atoms with Gasteiger partial charge in [-0.15, -0.1) is 0 Å². The largest absolute Gasteiger partial charge is 0.331 e. The highest BCUT2D eigenvalue weighted by Crippen LogP contribution is 2.62. The number of para-hydroxylation sites is 1. The molecule has 0 aliphatic heterocycles. The summed E-state index contributed by atoms with van der Waals surface area (Å²) < 4.78 is 3.25. The number of hydrogen-bond donors (Lipinski definition) is 1. The Labute approximate surface area is 112 Å². The van der Waals surface area contributed by atoms with Crippen LogP contribution in [0.3, 0.4) is 0 Å². The van der Waals surface area contributed by atoms with Crippen molar-refractivity contribution in [2.45, 2.75) is 39.2 Å². The molecule has 2 aliphatic rings. The van der Waals surface area contributed by atoms with Crippen molar-refractivity contribution >= 4 is 23.3 Å². The molecule has 0 bridgehead atoms. The molecule has 1 N–H and O–H groups in total. The molecule has 1 aromatic carbocycles. The van der Waals surface area contributed by atoms with Crippen molar-refractivity contribution < 1.29 is 0 Å². The maximum atomic E-state index is 5.52. The molecule has 0 spiro atoms. The SMILES string of the molecule is Cc1cccc2[nH]c(=S)n(CC3(C4CC4)CC3)c12. The third-order valence-corrected chi connectivity index (χ3v) is 5.13. The minimum atomic E-state index is 0.593. The molecule has 0 unspecified atom stereocenters. The Kier molecular flexibility index (Phi) is 2.08. The van der Waals surface area contributed by atoms with Crippen molar-refractivity contribution in [3.8, 4) is 0 Å². The number of nitrogens with one attached hydrogen (secondary N) is 1. The lowest BCUT2D eigenvalue weighted by Gasteiger charge is -2.16. The first kappa shape index (κ1) is 10.8. The summed E-state index contributed by atoms with van der Waals surface area (Å²) >= 11 is 5.52. The van der Waals surface area contributed by atoms with E-state index in [1.165, 1.54) is 42.3 Å². The summed E-state index contributed by atoms with van der Waals surface area (Å²) in [6.07, 6.45) is 5.68. The molecule has 3 heteroatoms. The van der Waals surface area contributed by atoms with Crippen LogP contribution in [0.4, 0.5) is 0 Å². The number of nitrogens with zero attached hydrogens (tertiary/aromatic N) is 1. The molecule has 2 aromatic rings. The smallest absolute Gasteiger partial charge is 0.178 e. The predicted octanol–water partition coefficient (Wildman–Crippen LogP) is 4.20. The van der Waals surface area contributed by atoms with Crippen molar-refractivity contribution in [2.24, 2.45) is 11.3 Å². The number of fused-ring (bicyclic) bond motifs is 1. The number of aromatic amines is 1. The number of imidazole rings is 1. The lowest BCUT2D eigenvalue weighted by Crippen LogP contribution is -2.14. The summed E-state index contributed by atoms with van der Waals surface area (Å²) in [6.45, 7) is 3.31. The van der Waals surface area contributed by atoms with Crippen LogP contribution in [-0.2, 0) is 6.54 Å². The lowest BCUT2D eigenvalue weighted by molar-refractivity contribution is 0.373. The number of rotatable bonds is 3. The maximum absolute atomic E-state index is 5.52. The van der Waals surface area contributed by atoms with Gasteiger partial charge in [0.15, 0.2) is 4.77 Å². The van der Waals surface area contributed by atoms with Gasteiger partial charge in [0.05, 0.1) is 11.0 Å². The average molecular weight is 258 g/mol. The highest BCUT2D eigenvalue weighted by molar-refractivity contribution is 7.71. The fourth-order valence-electron chi connectivity index (χ4n) is 3.42. The minimum Gasteiger partial charge on any atom is -0.331 e. The molecule has 94 valence electrons. The molecule has 2 aliphatic carbocycles. The van der Waals surface area contributed by atoms with E-state index in [0.29, 0.717) is 5.41 Å². The monoisotopic (exact) mass is 258 g/mol. The fourth-order valence-corrected chi connectivity index (χ4v) is 3.69. The molecule has 0 saturated heterocycles. The summed E-state index contributed by atoms with van der Waals surface area (Å²) in [6, 6.07) is 6.41. The third kappa shape index (κ3) is 1.50. The lowest BCUT2D eigenvalue weighted by atomic mass is 10.0. The Balaban J connectivity index is 1.84. The van der Waals surface area contributed by atoms with Gasteiger partial charge in [0.2, 0.25) is 0 Å². The van der Waals surface area contributed by atoms with Crippen LogP contribution in [0, 0.1) is 23.0 Å². The highest BCUT2D eigenvalue weighted by Gasteiger charge is 2.53. The maximum Gasteiger partial charge on any atom is 0.178 e. The molecule has 0 atom stereocenters. The Morgan fingerprint density at radius 1 is 1.39 bits per heavy atom. The molecule has 2 nitrogen and oxygen atoms in total. The molecular weight excluding hydrogens is 240 g/mol. The molecule has 1 heterocycles. The number of H-pyrrole nitrogens is 1. The molecule has 0 amide bonds. The first-order valence-electron chi connectivity index (χ1n) is 6.88. The predicted molar refractivity (Wildman–Crippen MR) is 76.3 cm³/mol. The average Bonchev–Trinajstić information content (AvgIpc) is 3.21. The van der Waals surface area contributed by atoms with E-state index in [2.05, 4.69) is 34.7 Å². The molecule has 18 heavy (non-hydrogen) atoms. The van der Waals surface area contributed by atoms with Gasteiger partial charge in [-0.25, -0.2) is 0 Å². The van der Waals surface area contributed by atoms with E-state index in [9.17, 15) is 0 Å². The van der Waals surface area contributed by atoms with E-state index in [4.69, 9.17) is 12.2 Å². The number of benzene rings is 1. The highest BCUT2D eigenvalue weighted by atomic mass is 32.1. The van der Waals surface area contributed by atoms with Gasteiger partial charge >= 0.3 is 0 Å². The molecule has 0 radical (unpaired) electrons. The van der Waals surface area contributed by atoms with Crippen LogP contribution < -0.4 is 0 Å². The zero-order valence-electron chi connectivity index (χ0n) is 10.7. The van der Waals surface area contributed by atoms with E-state index in [0.717, 1.165) is 17.2 Å². The van der Waals surface area contributed by atoms with Crippen molar-refractivity contribution in [3.63, 3.8) is 0 Å². The van der Waals surface area contributed by atoms with Gasteiger partial charge in [0, 0.05) is 6.54 Å². The van der Waals surface area contributed by atoms with E-state index < -0.39 is 0 Å². The Hall–Kier alpha value is -1.09. The minimum absolute atomic E-state index is 0.593. The van der Waals surface area contributed by atoms with Crippen LogP contribution >= 0.6 is 12.2 Å². The normalized spacial score (nSPS) is 21.4. The zero-order chi connectivity index (χ0) is 12.3. The summed E-state index contributed by atoms with van der Waals surface area (Å²) in [5, 5.41) is 0. The van der Waals surface area contributed by atoms with Gasteiger partial charge in [-0.05, 0) is 67.8 Å². The number of hydrogen-bond acceptors (Lipinski definition) is 1. The third-order valence-electron chi connectivity index (χ3n) is 4.80. The Morgan fingerprint density at radius 3 is 2.83 bits per heavy atom. The standard InChI is InChI=1S/C15H18N2S/c1-10-3-2-4-12-13(10)17(14(18)16-12)9-15(7-8-15)11-5-6-11/h2-4,11H,5-9H2,1H3,(H,16,18). The van der Waals surface area contributed by atoms with Crippen molar-refractivity contribution in [1.82, 2.24) is 9.55 Å². The van der Waals surface area contributed by atoms with E-state index in [1.807, 2.05) is 0 Å². The van der Waals surface area contributed by atoms with Gasteiger partial charge in [-0.1, -0.05) is 12.1 Å². The quantitative estimate of drug-likeness (QED) is 0.818. The van der Waals surface area contributed by atoms with Crippen LogP contribution in [0.2, 0.25) is 0 Å². The molecule has 2 fully saturated rings. The van der Waals surface area contributed by atoms with E-state index in [-0.39, 0.29) is 0 Å². The van der Waals surface area contributed by atoms with Crippen LogP contribution in [0.15, 0.2) is 18.2 Å². The first-order chi connectivity index (χ1) is 8.70. The Morgan fingerprint density at radius 2 is 2.17 bits per heavy atom. The van der Waals surface area contributed by atoms with Crippen LogP contribution in [-0.4, -0.2) is 9.55 Å². The topological polar surface area (TPSA) is 20.7 Å². The van der Waals surface area contributed by atoms with Crippen LogP contribution in [0.5, 0.6) is 0 Å². The van der Waals surface area contributed by atoms with Gasteiger partial charge in [-0.2, -0.15) is 0 Å². The second kappa shape index (κ2) is 3.47. The van der Waals surface area contributed by atoms with Crippen molar-refractivity contribution in [1.29, 1.82) is 0 Å². The van der Waals surface area contributed by atoms with Gasteiger partial charge in [-0.3, -0.25) is 0 Å². The summed E-state index contributed by atoms with van der Waals surface area (Å²) in [5.41, 5.74) is 4.42. The fraction of sp³-hybridized carbons (Fsp3) is 0.533. The summed E-state index contributed by atoms with van der Waals surface area (Å²) in [5.74, 6) is 0.980. The number of aryl methyl sites for hydroxylation is 1. The zero-order valence-corrected chi connectivity index (χ0v) is 11.5. The van der Waals surface area contributed by atoms with Crippen LogP contribution in [0.1, 0.15) is 31.2 Å². The summed E-state index contributed by atoms with van der Waals surface area (Å²) in [4.78, 5) is 3.36. The van der Waals surface area contributed by atoms with E-state index in [1.54, 1.807) is 0 Å². The number of aromatic nitrogens is 2. The van der Waals surface area contributed by atoms with Gasteiger partial charge in [0.1, 0.15) is 0 Å². The van der Waals surface area contributed by atoms with E-state index >= 15 is 0 Å². The summed E-state index contributed by atoms with van der Waals surface area (Å²) in [7, 11) is 0. The van der Waals surface area contributed by atoms with Crippen LogP contribution in [0.25, 0.3) is 11.0 Å². The Bertz CT molecular complexity index is 671. The second-order valence-electron chi connectivity index (χ2n) is 6.12. The second-order valence-corrected chi connectivity index (χ2v) is 6.51. The van der Waals surface area contributed by atoms with Crippen molar-refractivity contribution in [3.05, 3.63) is 28.5 Å². The molecular formula is C15H18N2S. The molecule has 4 rings (SSSR count).